The molecule has 0 amide bonds. The van der Waals surface area contributed by atoms with E-state index in [9.17, 15) is 0 Å². The molecule has 0 aliphatic heterocycles. The molecule has 4 nitrogen and oxygen atoms in total. The van der Waals surface area contributed by atoms with Crippen molar-refractivity contribution in [2.45, 2.75) is 52.6 Å². The van der Waals surface area contributed by atoms with Gasteiger partial charge >= 0.3 is 0 Å². The summed E-state index contributed by atoms with van der Waals surface area (Å²) in [6.07, 6.45) is 3.87. The lowest BCUT2D eigenvalue weighted by Gasteiger charge is -2.20. The smallest absolute Gasteiger partial charge is 0.153 e. The van der Waals surface area contributed by atoms with Gasteiger partial charge in [-0.2, -0.15) is 5.10 Å². The summed E-state index contributed by atoms with van der Waals surface area (Å²) in [5, 5.41) is 7.99. The van der Waals surface area contributed by atoms with E-state index in [-0.39, 0.29) is 5.54 Å². The summed E-state index contributed by atoms with van der Waals surface area (Å²) >= 11 is 0. The van der Waals surface area contributed by atoms with E-state index in [1.54, 1.807) is 0 Å². The first-order valence-electron chi connectivity index (χ1n) is 7.11. The quantitative estimate of drug-likeness (QED) is 0.928. The van der Waals surface area contributed by atoms with Gasteiger partial charge in [0, 0.05) is 24.5 Å². The molecule has 0 fully saturated rings. The summed E-state index contributed by atoms with van der Waals surface area (Å²) in [4.78, 5) is 4.48. The molecule has 0 aromatic carbocycles. The minimum atomic E-state index is 0.118. The number of rotatable bonds is 4. The van der Waals surface area contributed by atoms with Gasteiger partial charge in [-0.25, -0.2) is 9.67 Å². The van der Waals surface area contributed by atoms with Crippen LogP contribution >= 0.6 is 0 Å². The minimum Gasteiger partial charge on any atom is -0.308 e. The first-order valence-corrected chi connectivity index (χ1v) is 7.11. The van der Waals surface area contributed by atoms with Crippen LogP contribution in [0.1, 0.15) is 51.8 Å². The van der Waals surface area contributed by atoms with Crippen LogP contribution in [0.25, 0.3) is 5.82 Å². The summed E-state index contributed by atoms with van der Waals surface area (Å²) in [5.41, 5.74) is 2.39. The van der Waals surface area contributed by atoms with Crippen LogP contribution in [0.4, 0.5) is 0 Å². The molecule has 2 aromatic rings. The van der Waals surface area contributed by atoms with Crippen molar-refractivity contribution >= 4 is 0 Å². The molecule has 0 spiro atoms. The Bertz CT molecular complexity index is 547. The third-order valence-corrected chi connectivity index (χ3v) is 3.07. The van der Waals surface area contributed by atoms with Gasteiger partial charge in [-0.3, -0.25) is 0 Å². The van der Waals surface area contributed by atoms with Gasteiger partial charge in [0.2, 0.25) is 0 Å². The van der Waals surface area contributed by atoms with Gasteiger partial charge in [0.05, 0.1) is 5.69 Å². The van der Waals surface area contributed by atoms with E-state index in [1.807, 2.05) is 29.2 Å². The summed E-state index contributed by atoms with van der Waals surface area (Å²) < 4.78 is 1.83. The van der Waals surface area contributed by atoms with Crippen molar-refractivity contribution in [3.05, 3.63) is 41.9 Å². The molecule has 108 valence electrons. The average molecular weight is 272 g/mol. The van der Waals surface area contributed by atoms with E-state index in [4.69, 9.17) is 0 Å². The second-order valence-corrected chi connectivity index (χ2v) is 6.47. The van der Waals surface area contributed by atoms with E-state index in [1.165, 1.54) is 5.56 Å². The zero-order chi connectivity index (χ0) is 14.8. The van der Waals surface area contributed by atoms with E-state index >= 15 is 0 Å². The maximum absolute atomic E-state index is 4.53. The lowest BCUT2D eigenvalue weighted by Crippen LogP contribution is -2.35. The van der Waals surface area contributed by atoms with Gasteiger partial charge in [0.1, 0.15) is 0 Å². The second-order valence-electron chi connectivity index (χ2n) is 6.47. The number of pyridine rings is 1. The summed E-state index contributed by atoms with van der Waals surface area (Å²) in [5.74, 6) is 1.29. The van der Waals surface area contributed by atoms with E-state index in [0.29, 0.717) is 5.92 Å². The van der Waals surface area contributed by atoms with Crippen molar-refractivity contribution in [2.24, 2.45) is 0 Å². The van der Waals surface area contributed by atoms with Crippen molar-refractivity contribution in [3.63, 3.8) is 0 Å². The van der Waals surface area contributed by atoms with Gasteiger partial charge in [0.25, 0.3) is 0 Å². The highest BCUT2D eigenvalue weighted by Crippen LogP contribution is 2.13. The van der Waals surface area contributed by atoms with Crippen molar-refractivity contribution in [2.75, 3.05) is 0 Å². The molecule has 0 atom stereocenters. The predicted octanol–water partition coefficient (Wildman–Crippen LogP) is 3.28. The molecular weight excluding hydrogens is 248 g/mol. The SMILES string of the molecule is CC(C)c1ccn(-c2ccc(CNC(C)(C)C)cn2)n1. The number of aromatic nitrogens is 3. The molecule has 4 heteroatoms. The molecule has 0 unspecified atom stereocenters. The highest BCUT2D eigenvalue weighted by Gasteiger charge is 2.09. The third-order valence-electron chi connectivity index (χ3n) is 3.07. The van der Waals surface area contributed by atoms with Crippen molar-refractivity contribution in [3.8, 4) is 5.82 Å². The molecule has 1 N–H and O–H groups in total. The first kappa shape index (κ1) is 14.7. The maximum atomic E-state index is 4.53. The fraction of sp³-hybridized carbons (Fsp3) is 0.500. The molecule has 0 aliphatic carbocycles. The number of nitrogens with zero attached hydrogens (tertiary/aromatic N) is 3. The van der Waals surface area contributed by atoms with Crippen LogP contribution in [-0.4, -0.2) is 20.3 Å². The molecule has 0 bridgehead atoms. The second kappa shape index (κ2) is 5.75. The van der Waals surface area contributed by atoms with Crippen LogP contribution < -0.4 is 5.32 Å². The Labute approximate surface area is 121 Å². The molecule has 20 heavy (non-hydrogen) atoms. The highest BCUT2D eigenvalue weighted by molar-refractivity contribution is 5.25. The van der Waals surface area contributed by atoms with Crippen LogP contribution in [0, 0.1) is 0 Å². The zero-order valence-corrected chi connectivity index (χ0v) is 13.0. The zero-order valence-electron chi connectivity index (χ0n) is 13.0. The first-order chi connectivity index (χ1) is 9.35. The highest BCUT2D eigenvalue weighted by atomic mass is 15.3. The third kappa shape index (κ3) is 3.90. The monoisotopic (exact) mass is 272 g/mol. The van der Waals surface area contributed by atoms with E-state index < -0.39 is 0 Å². The Morgan fingerprint density at radius 1 is 1.20 bits per heavy atom. The summed E-state index contributed by atoms with van der Waals surface area (Å²) in [6, 6.07) is 6.15. The Balaban J connectivity index is 2.07. The van der Waals surface area contributed by atoms with E-state index in [2.05, 4.69) is 56.1 Å². The van der Waals surface area contributed by atoms with Crippen LogP contribution in [0.5, 0.6) is 0 Å². The van der Waals surface area contributed by atoms with Crippen LogP contribution in [0.2, 0.25) is 0 Å². The van der Waals surface area contributed by atoms with Gasteiger partial charge in [-0.15, -0.1) is 0 Å². The Morgan fingerprint density at radius 2 is 1.95 bits per heavy atom. The summed E-state index contributed by atoms with van der Waals surface area (Å²) in [7, 11) is 0. The van der Waals surface area contributed by atoms with Crippen LogP contribution in [0.3, 0.4) is 0 Å². The van der Waals surface area contributed by atoms with Gasteiger partial charge in [-0.05, 0) is 44.4 Å². The van der Waals surface area contributed by atoms with Gasteiger partial charge in [-0.1, -0.05) is 19.9 Å². The molecule has 2 rings (SSSR count). The predicted molar refractivity (Wildman–Crippen MR) is 82.0 cm³/mol. The normalized spacial score (nSPS) is 12.1. The topological polar surface area (TPSA) is 42.7 Å². The van der Waals surface area contributed by atoms with Crippen molar-refractivity contribution in [1.29, 1.82) is 0 Å². The molecule has 0 saturated carbocycles. The molecular formula is C16H24N4. The standard InChI is InChI=1S/C16H24N4/c1-12(2)14-8-9-20(19-14)15-7-6-13(10-17-15)11-18-16(3,4)5/h6-10,12,18H,11H2,1-5H3. The number of hydrogen-bond donors (Lipinski definition) is 1. The Kier molecular flexibility index (Phi) is 4.23. The van der Waals surface area contributed by atoms with Crippen molar-refractivity contribution < 1.29 is 0 Å². The lowest BCUT2D eigenvalue weighted by atomic mass is 10.1. The Morgan fingerprint density at radius 3 is 2.45 bits per heavy atom. The largest absolute Gasteiger partial charge is 0.308 e. The number of nitrogens with one attached hydrogen (secondary N) is 1. The Hall–Kier alpha value is -1.68. The van der Waals surface area contributed by atoms with Gasteiger partial charge in [0.15, 0.2) is 5.82 Å². The van der Waals surface area contributed by atoms with E-state index in [0.717, 1.165) is 18.1 Å². The maximum Gasteiger partial charge on any atom is 0.153 e. The lowest BCUT2D eigenvalue weighted by molar-refractivity contribution is 0.424. The molecule has 0 saturated heterocycles. The van der Waals surface area contributed by atoms with Crippen LogP contribution in [-0.2, 0) is 6.54 Å². The fourth-order valence-corrected chi connectivity index (χ4v) is 1.80. The fourth-order valence-electron chi connectivity index (χ4n) is 1.80. The van der Waals surface area contributed by atoms with Gasteiger partial charge < -0.3 is 5.32 Å². The molecule has 2 aromatic heterocycles. The van der Waals surface area contributed by atoms with Crippen molar-refractivity contribution in [1.82, 2.24) is 20.1 Å². The molecule has 0 aliphatic rings. The van der Waals surface area contributed by atoms with Crippen LogP contribution in [0.15, 0.2) is 30.6 Å². The number of hydrogen-bond acceptors (Lipinski definition) is 3. The average Bonchev–Trinajstić information content (AvgIpc) is 2.86. The molecule has 0 radical (unpaired) electrons. The minimum absolute atomic E-state index is 0.118. The summed E-state index contributed by atoms with van der Waals surface area (Å²) in [6.45, 7) is 11.6. The molecule has 2 heterocycles.